The van der Waals surface area contributed by atoms with Gasteiger partial charge in [-0.3, -0.25) is 4.79 Å². The highest BCUT2D eigenvalue weighted by Crippen LogP contribution is 2.67. The first kappa shape index (κ1) is 47.6. The minimum absolute atomic E-state index is 0.0407. The maximum absolute atomic E-state index is 12.1. The van der Waals surface area contributed by atoms with E-state index in [4.69, 9.17) is 33.2 Å². The van der Waals surface area contributed by atoms with E-state index >= 15 is 0 Å². The van der Waals surface area contributed by atoms with Crippen LogP contribution in [0.2, 0.25) is 0 Å². The van der Waals surface area contributed by atoms with Crippen LogP contribution in [0, 0.1) is 28.1 Å². The molecule has 0 aromatic rings. The molecule has 350 valence electrons. The molecule has 7 aliphatic rings. The Morgan fingerprint density at radius 1 is 0.770 bits per heavy atom. The van der Waals surface area contributed by atoms with Crippen molar-refractivity contribution < 1.29 is 73.7 Å². The normalized spacial score (nSPS) is 49.3. The number of carbonyl (C=O) groups is 1. The molecule has 8 N–H and O–H groups in total. The first-order chi connectivity index (χ1) is 28.5. The van der Waals surface area contributed by atoms with Gasteiger partial charge in [0.25, 0.3) is 0 Å². The molecule has 16 heteroatoms. The Morgan fingerprint density at radius 3 is 2.05 bits per heavy atom. The van der Waals surface area contributed by atoms with Crippen molar-refractivity contribution in [2.24, 2.45) is 28.1 Å². The van der Waals surface area contributed by atoms with Gasteiger partial charge in [0.05, 0.1) is 54.9 Å². The monoisotopic (exact) mass is 870 g/mol. The third kappa shape index (κ3) is 8.63. The number of rotatable bonds is 11. The second-order valence-corrected chi connectivity index (χ2v) is 21.3. The molecule has 61 heavy (non-hydrogen) atoms. The van der Waals surface area contributed by atoms with E-state index in [1.165, 1.54) is 19.6 Å². The van der Waals surface area contributed by atoms with Crippen LogP contribution in [0.25, 0.3) is 0 Å². The number of fused-ring (bicyclic) bond motifs is 4. The zero-order valence-electron chi connectivity index (χ0n) is 37.6. The average Bonchev–Trinajstić information content (AvgIpc) is 3.54. The molecule has 0 radical (unpaired) electrons. The fourth-order valence-corrected chi connectivity index (χ4v) is 13.0. The quantitative estimate of drug-likeness (QED) is 0.138. The van der Waals surface area contributed by atoms with Crippen molar-refractivity contribution in [2.75, 3.05) is 20.3 Å². The lowest BCUT2D eigenvalue weighted by Crippen LogP contribution is -2.66. The molecule has 0 spiro atoms. The maximum Gasteiger partial charge on any atom is 0.217 e. The van der Waals surface area contributed by atoms with E-state index in [-0.39, 0.29) is 41.0 Å². The molecule has 16 nitrogen and oxygen atoms in total. The first-order valence-electron chi connectivity index (χ1n) is 22.6. The van der Waals surface area contributed by atoms with E-state index in [1.54, 1.807) is 0 Å². The van der Waals surface area contributed by atoms with E-state index in [1.807, 2.05) is 27.7 Å². The minimum atomic E-state index is -1.55. The van der Waals surface area contributed by atoms with Crippen LogP contribution in [0.3, 0.4) is 0 Å². The summed E-state index contributed by atoms with van der Waals surface area (Å²) in [5.74, 6) is 0.240. The second-order valence-electron chi connectivity index (χ2n) is 21.3. The third-order valence-corrected chi connectivity index (χ3v) is 16.3. The number of aliphatic hydroxyl groups is 7. The van der Waals surface area contributed by atoms with Crippen molar-refractivity contribution in [2.45, 2.75) is 216 Å². The molecule has 4 aliphatic heterocycles. The summed E-state index contributed by atoms with van der Waals surface area (Å²) < 4.78 is 43.6. The molecule has 1 amide bonds. The lowest BCUT2D eigenvalue weighted by Gasteiger charge is -2.61. The van der Waals surface area contributed by atoms with Gasteiger partial charge < -0.3 is 74.2 Å². The lowest BCUT2D eigenvalue weighted by atomic mass is 9.50. The van der Waals surface area contributed by atoms with Gasteiger partial charge >= 0.3 is 0 Å². The fraction of sp³-hybridized carbons (Fsp3) is 0.933. The third-order valence-electron chi connectivity index (χ3n) is 16.3. The molecule has 4 saturated heterocycles. The number of ether oxygens (including phenoxy) is 7. The van der Waals surface area contributed by atoms with Crippen LogP contribution in [0.4, 0.5) is 0 Å². The Kier molecular flexibility index (Phi) is 13.6. The summed E-state index contributed by atoms with van der Waals surface area (Å²) in [5, 5.41) is 77.5. The highest BCUT2D eigenvalue weighted by molar-refractivity contribution is 5.73. The van der Waals surface area contributed by atoms with E-state index in [9.17, 15) is 40.5 Å². The Morgan fingerprint density at radius 2 is 1.39 bits per heavy atom. The van der Waals surface area contributed by atoms with Crippen LogP contribution >= 0.6 is 0 Å². The predicted octanol–water partition coefficient (Wildman–Crippen LogP) is 1.60. The van der Waals surface area contributed by atoms with Gasteiger partial charge in [0.1, 0.15) is 48.8 Å². The SMILES string of the molecule is COCC1OC(OC(C)(C)C2CCC3(C)C=C(C4CCC5C4(C)CC(O)C4OC(C(C)(C)OC6OC(CO)C(O)C(O)C6O)CCC45C)CCC3O2)C(NC(C)=O)C(O)C1O. The minimum Gasteiger partial charge on any atom is -0.394 e. The maximum atomic E-state index is 12.1. The van der Waals surface area contributed by atoms with Crippen molar-refractivity contribution >= 4 is 5.91 Å². The first-order valence-corrected chi connectivity index (χ1v) is 22.6. The standard InChI is InChI=1S/C45H75NO15/c1-22(48)46-32-35(52)34(51)27(21-55-9)57-39(32)60-41(2,3)29-14-16-43(6)18-23(10-13-31(43)58-29)24-11-12-28-44(7)17-15-30(59-38(44)25(49)19-45(24,28)8)42(4,5)61-40-37(54)36(53)33(50)26(20-47)56-40/h18,24-40,47,49-54H,10-17,19-21H2,1-9H3,(H,46,48). The Labute approximate surface area is 360 Å². The fourth-order valence-electron chi connectivity index (χ4n) is 13.0. The summed E-state index contributed by atoms with van der Waals surface area (Å²) in [4.78, 5) is 12.1. The molecule has 4 heterocycles. The van der Waals surface area contributed by atoms with E-state index in [0.29, 0.717) is 31.1 Å². The van der Waals surface area contributed by atoms with Crippen molar-refractivity contribution in [3.05, 3.63) is 11.6 Å². The van der Waals surface area contributed by atoms with Gasteiger partial charge in [-0.1, -0.05) is 32.4 Å². The van der Waals surface area contributed by atoms with Crippen LogP contribution in [0.15, 0.2) is 11.6 Å². The zero-order valence-corrected chi connectivity index (χ0v) is 37.6. The Hall–Kier alpha value is -1.35. The van der Waals surface area contributed by atoms with Crippen LogP contribution in [0.1, 0.15) is 113 Å². The van der Waals surface area contributed by atoms with E-state index in [0.717, 1.165) is 38.5 Å². The molecular formula is C45H75NO15. The topological polar surface area (TPSA) is 235 Å². The molecular weight excluding hydrogens is 794 g/mol. The summed E-state index contributed by atoms with van der Waals surface area (Å²) >= 11 is 0. The average molecular weight is 870 g/mol. The second kappa shape index (κ2) is 17.5. The lowest BCUT2D eigenvalue weighted by molar-refractivity contribution is -0.344. The van der Waals surface area contributed by atoms with Crippen molar-refractivity contribution in [3.63, 3.8) is 0 Å². The summed E-state index contributed by atoms with van der Waals surface area (Å²) in [5.41, 5.74) is -1.05. The molecule has 0 aromatic heterocycles. The largest absolute Gasteiger partial charge is 0.394 e. The van der Waals surface area contributed by atoms with Gasteiger partial charge in [0, 0.05) is 19.4 Å². The summed E-state index contributed by atoms with van der Waals surface area (Å²) in [6.45, 7) is 15.3. The van der Waals surface area contributed by atoms with Crippen molar-refractivity contribution in [3.8, 4) is 0 Å². The molecule has 2 saturated carbocycles. The van der Waals surface area contributed by atoms with Crippen molar-refractivity contribution in [1.29, 1.82) is 0 Å². The molecule has 0 aromatic carbocycles. The number of aliphatic hydroxyl groups excluding tert-OH is 7. The summed E-state index contributed by atoms with van der Waals surface area (Å²) in [7, 11) is 1.49. The van der Waals surface area contributed by atoms with Gasteiger partial charge in [0.15, 0.2) is 12.6 Å². The molecule has 20 unspecified atom stereocenters. The van der Waals surface area contributed by atoms with Crippen molar-refractivity contribution in [1.82, 2.24) is 5.32 Å². The van der Waals surface area contributed by atoms with Crippen LogP contribution in [-0.4, -0.2) is 165 Å². The van der Waals surface area contributed by atoms with E-state index in [2.05, 4.69) is 32.2 Å². The van der Waals surface area contributed by atoms with Crippen LogP contribution < -0.4 is 5.32 Å². The van der Waals surface area contributed by atoms with Gasteiger partial charge in [-0.2, -0.15) is 0 Å². The van der Waals surface area contributed by atoms with E-state index < -0.39 is 97.5 Å². The number of hydrogen-bond donors (Lipinski definition) is 8. The highest BCUT2D eigenvalue weighted by atomic mass is 16.7. The van der Waals surface area contributed by atoms with Crippen LogP contribution in [0.5, 0.6) is 0 Å². The van der Waals surface area contributed by atoms with Gasteiger partial charge in [0.2, 0.25) is 5.91 Å². The van der Waals surface area contributed by atoms with Crippen LogP contribution in [-0.2, 0) is 38.0 Å². The number of amides is 1. The molecule has 7 rings (SSSR count). The number of methoxy groups -OCH3 is 1. The highest BCUT2D eigenvalue weighted by Gasteiger charge is 2.65. The van der Waals surface area contributed by atoms with Gasteiger partial charge in [-0.25, -0.2) is 0 Å². The molecule has 6 fully saturated rings. The molecule has 20 atom stereocenters. The Bertz CT molecular complexity index is 1590. The van der Waals surface area contributed by atoms with Gasteiger partial charge in [-0.05, 0) is 108 Å². The smallest absolute Gasteiger partial charge is 0.217 e. The molecule has 3 aliphatic carbocycles. The number of nitrogens with one attached hydrogen (secondary N) is 1. The number of allylic oxidation sites excluding steroid dienone is 1. The number of hydrogen-bond acceptors (Lipinski definition) is 15. The molecule has 0 bridgehead atoms. The van der Waals surface area contributed by atoms with Gasteiger partial charge in [-0.15, -0.1) is 0 Å². The summed E-state index contributed by atoms with van der Waals surface area (Å²) in [6, 6.07) is -0.992. The summed E-state index contributed by atoms with van der Waals surface area (Å²) in [6.07, 6.45) is -3.41. The zero-order chi connectivity index (χ0) is 44.6. The Balaban J connectivity index is 1.01. The number of carbonyl (C=O) groups excluding carboxylic acids is 1. The predicted molar refractivity (Wildman–Crippen MR) is 219 cm³/mol.